The number of benzene rings is 2. The molecule has 3 aromatic rings. The van der Waals surface area contributed by atoms with Crippen LogP contribution in [0.3, 0.4) is 0 Å². The largest absolute Gasteiger partial charge is 0.494 e. The van der Waals surface area contributed by atoms with Gasteiger partial charge in [-0.1, -0.05) is 12.1 Å². The minimum absolute atomic E-state index is 0.157. The molecular formula is C25H30N4O4. The van der Waals surface area contributed by atoms with Gasteiger partial charge < -0.3 is 19.7 Å². The molecule has 2 heterocycles. The molecule has 1 saturated heterocycles. The summed E-state index contributed by atoms with van der Waals surface area (Å²) in [6.45, 7) is 9.46. The van der Waals surface area contributed by atoms with Crippen molar-refractivity contribution in [2.24, 2.45) is 0 Å². The van der Waals surface area contributed by atoms with Crippen molar-refractivity contribution in [2.75, 3.05) is 26.2 Å². The molecule has 1 aliphatic heterocycles. The van der Waals surface area contributed by atoms with E-state index in [1.807, 2.05) is 70.2 Å². The molecule has 0 unspecified atom stereocenters. The highest BCUT2D eigenvalue weighted by Gasteiger charge is 2.31. The lowest BCUT2D eigenvalue weighted by Crippen LogP contribution is -2.51. The van der Waals surface area contributed by atoms with Crippen LogP contribution in [-0.4, -0.2) is 52.4 Å². The zero-order chi connectivity index (χ0) is 23.6. The van der Waals surface area contributed by atoms with Crippen molar-refractivity contribution in [3.8, 4) is 11.4 Å². The molecule has 1 N–H and O–H groups in total. The lowest BCUT2D eigenvalue weighted by molar-refractivity contribution is 0.0191. The monoisotopic (exact) mass is 450 g/mol. The maximum absolute atomic E-state index is 13.6. The fourth-order valence-electron chi connectivity index (χ4n) is 3.91. The Morgan fingerprint density at radius 2 is 1.88 bits per heavy atom. The first kappa shape index (κ1) is 22.8. The molecule has 8 heteroatoms. The first-order chi connectivity index (χ1) is 15.8. The van der Waals surface area contributed by atoms with E-state index < -0.39 is 5.60 Å². The fraction of sp³-hybridized carbons (Fsp3) is 0.400. The predicted molar refractivity (Wildman–Crippen MR) is 127 cm³/mol. The van der Waals surface area contributed by atoms with Gasteiger partial charge in [0.2, 0.25) is 0 Å². The second-order valence-corrected chi connectivity index (χ2v) is 8.99. The summed E-state index contributed by atoms with van der Waals surface area (Å²) in [7, 11) is 0. The van der Waals surface area contributed by atoms with Gasteiger partial charge in [0.25, 0.3) is 5.56 Å². The molecule has 0 spiro atoms. The minimum atomic E-state index is -0.580. The third kappa shape index (κ3) is 5.01. The molecule has 33 heavy (non-hydrogen) atoms. The molecule has 0 bridgehead atoms. The number of carbonyl (C=O) groups excluding carboxylic acids is 1. The lowest BCUT2D eigenvalue weighted by Gasteiger charge is -2.35. The van der Waals surface area contributed by atoms with Crippen molar-refractivity contribution in [1.29, 1.82) is 0 Å². The summed E-state index contributed by atoms with van der Waals surface area (Å²) in [5, 5.41) is 3.96. The van der Waals surface area contributed by atoms with Crippen LogP contribution in [0.15, 0.2) is 53.3 Å². The predicted octanol–water partition coefficient (Wildman–Crippen LogP) is 3.67. The van der Waals surface area contributed by atoms with E-state index in [1.165, 1.54) is 0 Å². The molecule has 1 atom stereocenters. The topological polar surface area (TPSA) is 85.7 Å². The normalized spacial score (nSPS) is 16.6. The van der Waals surface area contributed by atoms with Gasteiger partial charge in [-0.2, -0.15) is 0 Å². The number of nitrogens with one attached hydrogen (secondary N) is 1. The summed E-state index contributed by atoms with van der Waals surface area (Å²) < 4.78 is 12.7. The van der Waals surface area contributed by atoms with Crippen LogP contribution in [0.1, 0.15) is 39.6 Å². The highest BCUT2D eigenvalue weighted by molar-refractivity contribution is 5.78. The fourth-order valence-corrected chi connectivity index (χ4v) is 3.91. The van der Waals surface area contributed by atoms with Crippen LogP contribution in [0.5, 0.6) is 5.75 Å². The molecule has 0 saturated carbocycles. The first-order valence-corrected chi connectivity index (χ1v) is 11.2. The molecule has 1 aliphatic rings. The van der Waals surface area contributed by atoms with E-state index in [2.05, 4.69) is 5.32 Å². The van der Waals surface area contributed by atoms with E-state index in [0.29, 0.717) is 48.7 Å². The van der Waals surface area contributed by atoms with Crippen LogP contribution in [0, 0.1) is 0 Å². The van der Waals surface area contributed by atoms with Crippen molar-refractivity contribution >= 4 is 17.0 Å². The zero-order valence-corrected chi connectivity index (χ0v) is 19.5. The molecule has 1 amide bonds. The maximum atomic E-state index is 13.6. The van der Waals surface area contributed by atoms with Crippen molar-refractivity contribution in [1.82, 2.24) is 19.8 Å². The average Bonchev–Trinajstić information content (AvgIpc) is 2.79. The number of amides is 1. The first-order valence-electron chi connectivity index (χ1n) is 11.2. The van der Waals surface area contributed by atoms with Crippen molar-refractivity contribution in [2.45, 2.75) is 39.3 Å². The highest BCUT2D eigenvalue weighted by atomic mass is 16.6. The molecule has 4 rings (SSSR count). The van der Waals surface area contributed by atoms with E-state index in [0.717, 1.165) is 5.75 Å². The smallest absolute Gasteiger partial charge is 0.410 e. The molecule has 174 valence electrons. The van der Waals surface area contributed by atoms with Gasteiger partial charge in [-0.3, -0.25) is 9.36 Å². The SMILES string of the molecule is CCOc1ccc(-n2c([C@H]3CN(C(=O)OC(C)(C)C)CCN3)nc3ccccc3c2=O)cc1. The number of ether oxygens (including phenoxy) is 2. The van der Waals surface area contributed by atoms with Crippen LogP contribution < -0.4 is 15.6 Å². The van der Waals surface area contributed by atoms with Gasteiger partial charge in [-0.25, -0.2) is 9.78 Å². The third-order valence-corrected chi connectivity index (χ3v) is 5.35. The van der Waals surface area contributed by atoms with Gasteiger partial charge in [-0.05, 0) is 64.1 Å². The summed E-state index contributed by atoms with van der Waals surface area (Å²) >= 11 is 0. The van der Waals surface area contributed by atoms with E-state index >= 15 is 0 Å². The molecule has 1 fully saturated rings. The van der Waals surface area contributed by atoms with Crippen LogP contribution in [0.25, 0.3) is 16.6 Å². The number of hydrogen-bond donors (Lipinski definition) is 1. The molecule has 2 aromatic carbocycles. The summed E-state index contributed by atoms with van der Waals surface area (Å²) in [6.07, 6.45) is -0.371. The summed E-state index contributed by atoms with van der Waals surface area (Å²) in [6, 6.07) is 14.3. The number of piperazine rings is 1. The van der Waals surface area contributed by atoms with Gasteiger partial charge in [0, 0.05) is 19.6 Å². The van der Waals surface area contributed by atoms with Crippen LogP contribution in [0.4, 0.5) is 4.79 Å². The lowest BCUT2D eigenvalue weighted by atomic mass is 10.1. The second-order valence-electron chi connectivity index (χ2n) is 8.99. The van der Waals surface area contributed by atoms with Crippen molar-refractivity contribution in [3.63, 3.8) is 0 Å². The highest BCUT2D eigenvalue weighted by Crippen LogP contribution is 2.23. The quantitative estimate of drug-likeness (QED) is 0.653. The van der Waals surface area contributed by atoms with E-state index in [-0.39, 0.29) is 17.7 Å². The van der Waals surface area contributed by atoms with Crippen molar-refractivity contribution < 1.29 is 14.3 Å². The van der Waals surface area contributed by atoms with E-state index in [1.54, 1.807) is 15.5 Å². The Hall–Kier alpha value is -3.39. The van der Waals surface area contributed by atoms with Gasteiger partial charge >= 0.3 is 6.09 Å². The summed E-state index contributed by atoms with van der Waals surface area (Å²) in [5.41, 5.74) is 0.572. The molecular weight excluding hydrogens is 420 g/mol. The Kier molecular flexibility index (Phi) is 6.37. The molecule has 0 radical (unpaired) electrons. The maximum Gasteiger partial charge on any atom is 0.410 e. The zero-order valence-electron chi connectivity index (χ0n) is 19.5. The Morgan fingerprint density at radius 1 is 1.15 bits per heavy atom. The number of hydrogen-bond acceptors (Lipinski definition) is 6. The third-order valence-electron chi connectivity index (χ3n) is 5.35. The summed E-state index contributed by atoms with van der Waals surface area (Å²) in [5.74, 6) is 1.28. The minimum Gasteiger partial charge on any atom is -0.494 e. The van der Waals surface area contributed by atoms with Gasteiger partial charge in [0.1, 0.15) is 17.2 Å². The van der Waals surface area contributed by atoms with E-state index in [9.17, 15) is 9.59 Å². The molecule has 1 aromatic heterocycles. The number of aromatic nitrogens is 2. The number of nitrogens with zero attached hydrogens (tertiary/aromatic N) is 3. The van der Waals surface area contributed by atoms with Crippen LogP contribution in [-0.2, 0) is 4.74 Å². The van der Waals surface area contributed by atoms with Crippen molar-refractivity contribution in [3.05, 3.63) is 64.7 Å². The number of para-hydroxylation sites is 1. The molecule has 0 aliphatic carbocycles. The number of carbonyl (C=O) groups is 1. The van der Waals surface area contributed by atoms with E-state index in [4.69, 9.17) is 14.5 Å². The van der Waals surface area contributed by atoms with Crippen LogP contribution >= 0.6 is 0 Å². The number of fused-ring (bicyclic) bond motifs is 1. The van der Waals surface area contributed by atoms with Crippen LogP contribution in [0.2, 0.25) is 0 Å². The Morgan fingerprint density at radius 3 is 2.58 bits per heavy atom. The standard InChI is InChI=1S/C25H30N4O4/c1-5-32-18-12-10-17(11-13-18)29-22(27-20-9-7-6-8-19(20)23(29)30)21-16-28(15-14-26-21)24(31)33-25(2,3)4/h6-13,21,26H,5,14-16H2,1-4H3/t21-/m1/s1. The Labute approximate surface area is 193 Å². The van der Waals surface area contributed by atoms with Gasteiger partial charge in [0.15, 0.2) is 0 Å². The second kappa shape index (κ2) is 9.23. The average molecular weight is 451 g/mol. The Balaban J connectivity index is 1.77. The number of rotatable bonds is 4. The Bertz CT molecular complexity index is 1200. The van der Waals surface area contributed by atoms with Gasteiger partial charge in [-0.15, -0.1) is 0 Å². The van der Waals surface area contributed by atoms with Gasteiger partial charge in [0.05, 0.1) is 29.2 Å². The molecule has 8 nitrogen and oxygen atoms in total. The summed E-state index contributed by atoms with van der Waals surface area (Å²) in [4.78, 5) is 32.8.